The molecule has 0 aromatic heterocycles. The van der Waals surface area contributed by atoms with Gasteiger partial charge >= 0.3 is 0 Å². The summed E-state index contributed by atoms with van der Waals surface area (Å²) in [5.74, 6) is 1.35. The van der Waals surface area contributed by atoms with Crippen LogP contribution in [0.25, 0.3) is 0 Å². The Bertz CT molecular complexity index is 261. The van der Waals surface area contributed by atoms with E-state index in [1.165, 1.54) is 25.7 Å². The van der Waals surface area contributed by atoms with E-state index in [0.717, 1.165) is 31.7 Å². The minimum absolute atomic E-state index is 0.199. The van der Waals surface area contributed by atoms with E-state index < -0.39 is 0 Å². The van der Waals surface area contributed by atoms with Crippen LogP contribution in [0.2, 0.25) is 0 Å². The standard InChI is InChI=1S/C14H26N2O/c1-11(9-12-5-2-3-6-12)14(17)16-8-4-7-13(16)10-15/h11-13H,2-10,15H2,1H3. The van der Waals surface area contributed by atoms with E-state index in [2.05, 4.69) is 6.92 Å². The number of hydrogen-bond acceptors (Lipinski definition) is 2. The van der Waals surface area contributed by atoms with E-state index >= 15 is 0 Å². The fraction of sp³-hybridized carbons (Fsp3) is 0.929. The lowest BCUT2D eigenvalue weighted by atomic mass is 9.93. The Kier molecular flexibility index (Phi) is 4.43. The Labute approximate surface area is 105 Å². The minimum atomic E-state index is 0.199. The molecule has 98 valence electrons. The molecule has 1 amide bonds. The number of nitrogens with two attached hydrogens (primary N) is 1. The predicted octanol–water partition coefficient (Wildman–Crippen LogP) is 2.15. The number of nitrogens with zero attached hydrogens (tertiary/aromatic N) is 1. The third-order valence-electron chi connectivity index (χ3n) is 4.52. The van der Waals surface area contributed by atoms with Gasteiger partial charge in [-0.1, -0.05) is 32.6 Å². The molecule has 17 heavy (non-hydrogen) atoms. The summed E-state index contributed by atoms with van der Waals surface area (Å²) in [5, 5.41) is 0. The Morgan fingerprint density at radius 1 is 1.29 bits per heavy atom. The molecule has 1 aliphatic heterocycles. The minimum Gasteiger partial charge on any atom is -0.338 e. The second-order valence-electron chi connectivity index (χ2n) is 5.85. The number of hydrogen-bond donors (Lipinski definition) is 1. The highest BCUT2D eigenvalue weighted by atomic mass is 16.2. The molecule has 3 heteroatoms. The maximum absolute atomic E-state index is 12.4. The maximum atomic E-state index is 12.4. The Balaban J connectivity index is 1.85. The van der Waals surface area contributed by atoms with Crippen molar-refractivity contribution in [3.63, 3.8) is 0 Å². The molecule has 0 radical (unpaired) electrons. The highest BCUT2D eigenvalue weighted by molar-refractivity contribution is 5.79. The Hall–Kier alpha value is -0.570. The van der Waals surface area contributed by atoms with E-state index in [0.29, 0.717) is 18.5 Å². The molecule has 1 saturated heterocycles. The third kappa shape index (κ3) is 3.01. The molecule has 2 N–H and O–H groups in total. The van der Waals surface area contributed by atoms with Crippen LogP contribution in [0, 0.1) is 11.8 Å². The van der Waals surface area contributed by atoms with Gasteiger partial charge in [0.1, 0.15) is 0 Å². The zero-order chi connectivity index (χ0) is 12.3. The molecule has 1 aliphatic carbocycles. The van der Waals surface area contributed by atoms with Gasteiger partial charge in [-0.15, -0.1) is 0 Å². The van der Waals surface area contributed by atoms with Crippen LogP contribution < -0.4 is 5.73 Å². The molecule has 1 saturated carbocycles. The first-order valence-electron chi connectivity index (χ1n) is 7.23. The average Bonchev–Trinajstić information content (AvgIpc) is 2.97. The summed E-state index contributed by atoms with van der Waals surface area (Å²) >= 11 is 0. The van der Waals surface area contributed by atoms with E-state index in [1.54, 1.807) is 0 Å². The monoisotopic (exact) mass is 238 g/mol. The molecule has 0 bridgehead atoms. The lowest BCUT2D eigenvalue weighted by Crippen LogP contribution is -2.42. The van der Waals surface area contributed by atoms with E-state index in [-0.39, 0.29) is 5.92 Å². The van der Waals surface area contributed by atoms with Gasteiger partial charge in [0, 0.05) is 25.0 Å². The van der Waals surface area contributed by atoms with Crippen LogP contribution in [0.3, 0.4) is 0 Å². The lowest BCUT2D eigenvalue weighted by Gasteiger charge is -2.27. The number of rotatable bonds is 4. The molecule has 3 nitrogen and oxygen atoms in total. The molecule has 0 spiro atoms. The first-order chi connectivity index (χ1) is 8.22. The van der Waals surface area contributed by atoms with Crippen molar-refractivity contribution in [2.24, 2.45) is 17.6 Å². The van der Waals surface area contributed by atoms with Crippen molar-refractivity contribution in [1.29, 1.82) is 0 Å². The Morgan fingerprint density at radius 2 is 2.00 bits per heavy atom. The van der Waals surface area contributed by atoms with Crippen molar-refractivity contribution in [2.75, 3.05) is 13.1 Å². The molecule has 2 aliphatic rings. The summed E-state index contributed by atoms with van der Waals surface area (Å²) in [6.45, 7) is 3.66. The number of amides is 1. The average molecular weight is 238 g/mol. The lowest BCUT2D eigenvalue weighted by molar-refractivity contribution is -0.136. The van der Waals surface area contributed by atoms with Gasteiger partial charge in [-0.05, 0) is 25.2 Å². The smallest absolute Gasteiger partial charge is 0.225 e. The number of carbonyl (C=O) groups is 1. The summed E-state index contributed by atoms with van der Waals surface area (Å²) in [6.07, 6.45) is 8.70. The first kappa shape index (κ1) is 12.9. The van der Waals surface area contributed by atoms with Gasteiger partial charge in [0.2, 0.25) is 5.91 Å². The first-order valence-corrected chi connectivity index (χ1v) is 7.23. The van der Waals surface area contributed by atoms with Crippen molar-refractivity contribution in [2.45, 2.75) is 57.9 Å². The van der Waals surface area contributed by atoms with Gasteiger partial charge < -0.3 is 10.6 Å². The molecular weight excluding hydrogens is 212 g/mol. The summed E-state index contributed by atoms with van der Waals surface area (Å²) in [6, 6.07) is 0.313. The normalized spacial score (nSPS) is 27.6. The molecule has 2 fully saturated rings. The topological polar surface area (TPSA) is 46.3 Å². The highest BCUT2D eigenvalue weighted by Crippen LogP contribution is 2.31. The van der Waals surface area contributed by atoms with Crippen LogP contribution in [-0.2, 0) is 4.79 Å². The van der Waals surface area contributed by atoms with Crippen LogP contribution in [0.15, 0.2) is 0 Å². The van der Waals surface area contributed by atoms with Crippen molar-refractivity contribution in [1.82, 2.24) is 4.90 Å². The van der Waals surface area contributed by atoms with Crippen LogP contribution >= 0.6 is 0 Å². The SMILES string of the molecule is CC(CC1CCCC1)C(=O)N1CCCC1CN. The van der Waals surface area contributed by atoms with Crippen molar-refractivity contribution >= 4 is 5.91 Å². The molecule has 1 heterocycles. The molecule has 2 atom stereocenters. The summed E-state index contributed by atoms with van der Waals surface area (Å²) in [7, 11) is 0. The molecule has 0 aromatic rings. The fourth-order valence-electron chi connectivity index (χ4n) is 3.50. The second kappa shape index (κ2) is 5.85. The second-order valence-corrected chi connectivity index (χ2v) is 5.85. The maximum Gasteiger partial charge on any atom is 0.225 e. The van der Waals surface area contributed by atoms with Gasteiger partial charge in [0.25, 0.3) is 0 Å². The quantitative estimate of drug-likeness (QED) is 0.815. The van der Waals surface area contributed by atoms with Crippen molar-refractivity contribution in [3.05, 3.63) is 0 Å². The zero-order valence-corrected chi connectivity index (χ0v) is 11.0. The largest absolute Gasteiger partial charge is 0.338 e. The van der Waals surface area contributed by atoms with E-state index in [4.69, 9.17) is 5.73 Å². The van der Waals surface area contributed by atoms with Crippen molar-refractivity contribution in [3.8, 4) is 0 Å². The van der Waals surface area contributed by atoms with Gasteiger partial charge in [0.05, 0.1) is 0 Å². The van der Waals surface area contributed by atoms with Crippen molar-refractivity contribution < 1.29 is 4.79 Å². The highest BCUT2D eigenvalue weighted by Gasteiger charge is 2.31. The molecule has 2 unspecified atom stereocenters. The van der Waals surface area contributed by atoms with Crippen LogP contribution in [0.4, 0.5) is 0 Å². The van der Waals surface area contributed by atoms with Gasteiger partial charge in [-0.2, -0.15) is 0 Å². The van der Waals surface area contributed by atoms with Gasteiger partial charge in [-0.25, -0.2) is 0 Å². The Morgan fingerprint density at radius 3 is 2.65 bits per heavy atom. The van der Waals surface area contributed by atoms with Crippen LogP contribution in [0.5, 0.6) is 0 Å². The molecular formula is C14H26N2O. The number of likely N-dealkylation sites (tertiary alicyclic amines) is 1. The fourth-order valence-corrected chi connectivity index (χ4v) is 3.50. The summed E-state index contributed by atoms with van der Waals surface area (Å²) in [5.41, 5.74) is 5.73. The van der Waals surface area contributed by atoms with Gasteiger partial charge in [0.15, 0.2) is 0 Å². The van der Waals surface area contributed by atoms with Gasteiger partial charge in [-0.3, -0.25) is 4.79 Å². The zero-order valence-electron chi connectivity index (χ0n) is 11.0. The summed E-state index contributed by atoms with van der Waals surface area (Å²) in [4.78, 5) is 14.4. The third-order valence-corrected chi connectivity index (χ3v) is 4.52. The molecule has 2 rings (SSSR count). The number of carbonyl (C=O) groups excluding carboxylic acids is 1. The molecule has 0 aromatic carbocycles. The summed E-state index contributed by atoms with van der Waals surface area (Å²) < 4.78 is 0. The predicted molar refractivity (Wildman–Crippen MR) is 69.5 cm³/mol. The van der Waals surface area contributed by atoms with E-state index in [1.807, 2.05) is 4.90 Å². The van der Waals surface area contributed by atoms with E-state index in [9.17, 15) is 4.79 Å². The van der Waals surface area contributed by atoms with Crippen LogP contribution in [0.1, 0.15) is 51.9 Å². The van der Waals surface area contributed by atoms with Crippen LogP contribution in [-0.4, -0.2) is 29.9 Å².